The van der Waals surface area contributed by atoms with Crippen LogP contribution in [-0.2, 0) is 0 Å². The Kier molecular flexibility index (Phi) is 4.53. The first-order chi connectivity index (χ1) is 11.9. The fourth-order valence-corrected chi connectivity index (χ4v) is 3.38. The lowest BCUT2D eigenvalue weighted by Crippen LogP contribution is -2.30. The van der Waals surface area contributed by atoms with Crippen LogP contribution in [0.2, 0.25) is 0 Å². The number of amides is 1. The van der Waals surface area contributed by atoms with E-state index >= 15 is 0 Å². The number of carbonyl (C=O) groups excluding carboxylic acids is 1. The van der Waals surface area contributed by atoms with Crippen molar-refractivity contribution in [3.63, 3.8) is 0 Å². The SMILES string of the molecule is Cc1cccc(C2CCCN2C(=O)c2cc(F)c(C)c([N+](=O)[O-])c2)c1. The molecule has 0 radical (unpaired) electrons. The third kappa shape index (κ3) is 3.24. The highest BCUT2D eigenvalue weighted by molar-refractivity contribution is 5.95. The first-order valence-electron chi connectivity index (χ1n) is 8.20. The van der Waals surface area contributed by atoms with E-state index in [4.69, 9.17) is 0 Å². The molecule has 2 aromatic carbocycles. The average Bonchev–Trinajstić information content (AvgIpc) is 3.06. The summed E-state index contributed by atoms with van der Waals surface area (Å²) in [5.41, 5.74) is 1.74. The van der Waals surface area contributed by atoms with Crippen LogP contribution in [-0.4, -0.2) is 22.3 Å². The molecule has 0 N–H and O–H groups in total. The van der Waals surface area contributed by atoms with Gasteiger partial charge < -0.3 is 4.90 Å². The summed E-state index contributed by atoms with van der Waals surface area (Å²) in [6.07, 6.45) is 1.67. The van der Waals surface area contributed by atoms with Crippen molar-refractivity contribution in [1.29, 1.82) is 0 Å². The Hall–Kier alpha value is -2.76. The molecule has 1 amide bonds. The molecule has 1 aliphatic heterocycles. The van der Waals surface area contributed by atoms with Crippen molar-refractivity contribution in [2.75, 3.05) is 6.54 Å². The van der Waals surface area contributed by atoms with Gasteiger partial charge in [-0.15, -0.1) is 0 Å². The molecule has 0 spiro atoms. The van der Waals surface area contributed by atoms with E-state index in [2.05, 4.69) is 0 Å². The number of hydrogen-bond donors (Lipinski definition) is 0. The number of carbonyl (C=O) groups is 1. The number of hydrogen-bond acceptors (Lipinski definition) is 3. The van der Waals surface area contributed by atoms with Gasteiger partial charge in [0.15, 0.2) is 0 Å². The van der Waals surface area contributed by atoms with Crippen LogP contribution in [0.3, 0.4) is 0 Å². The second-order valence-electron chi connectivity index (χ2n) is 6.43. The maximum Gasteiger partial charge on any atom is 0.276 e. The van der Waals surface area contributed by atoms with Gasteiger partial charge in [-0.05, 0) is 38.3 Å². The number of benzene rings is 2. The Morgan fingerprint density at radius 2 is 2.04 bits per heavy atom. The van der Waals surface area contributed by atoms with Crippen LogP contribution in [0.25, 0.3) is 0 Å². The number of halogens is 1. The molecule has 5 nitrogen and oxygen atoms in total. The first-order valence-corrected chi connectivity index (χ1v) is 8.20. The molecule has 1 atom stereocenters. The van der Waals surface area contributed by atoms with E-state index in [9.17, 15) is 19.3 Å². The summed E-state index contributed by atoms with van der Waals surface area (Å²) < 4.78 is 14.0. The minimum Gasteiger partial charge on any atom is -0.332 e. The van der Waals surface area contributed by atoms with Gasteiger partial charge >= 0.3 is 0 Å². The van der Waals surface area contributed by atoms with Gasteiger partial charge in [-0.3, -0.25) is 14.9 Å². The maximum atomic E-state index is 14.0. The molecule has 1 aliphatic rings. The number of aryl methyl sites for hydroxylation is 1. The predicted octanol–water partition coefficient (Wildman–Crippen LogP) is 4.33. The maximum absolute atomic E-state index is 14.0. The largest absolute Gasteiger partial charge is 0.332 e. The van der Waals surface area contributed by atoms with Crippen LogP contribution in [0.1, 0.15) is 45.9 Å². The Bertz CT molecular complexity index is 851. The number of nitro benzene ring substituents is 1. The average molecular weight is 342 g/mol. The van der Waals surface area contributed by atoms with Crippen LogP contribution in [0.15, 0.2) is 36.4 Å². The van der Waals surface area contributed by atoms with Crippen LogP contribution in [0, 0.1) is 29.8 Å². The lowest BCUT2D eigenvalue weighted by Gasteiger charge is -2.25. The smallest absolute Gasteiger partial charge is 0.276 e. The predicted molar refractivity (Wildman–Crippen MR) is 92.0 cm³/mol. The number of rotatable bonds is 3. The lowest BCUT2D eigenvalue weighted by molar-refractivity contribution is -0.385. The van der Waals surface area contributed by atoms with E-state index in [0.29, 0.717) is 6.54 Å². The summed E-state index contributed by atoms with van der Waals surface area (Å²) in [5.74, 6) is -1.10. The summed E-state index contributed by atoms with van der Waals surface area (Å²) in [7, 11) is 0. The van der Waals surface area contributed by atoms with Crippen molar-refractivity contribution in [3.8, 4) is 0 Å². The third-order valence-electron chi connectivity index (χ3n) is 4.70. The van der Waals surface area contributed by atoms with Crippen LogP contribution in [0.4, 0.5) is 10.1 Å². The molecule has 0 saturated carbocycles. The molecule has 1 saturated heterocycles. The van der Waals surface area contributed by atoms with Crippen LogP contribution < -0.4 is 0 Å². The molecule has 1 heterocycles. The van der Waals surface area contributed by atoms with Gasteiger partial charge in [0.05, 0.1) is 16.5 Å². The summed E-state index contributed by atoms with van der Waals surface area (Å²) in [5, 5.41) is 11.1. The van der Waals surface area contributed by atoms with E-state index in [1.165, 1.54) is 13.0 Å². The monoisotopic (exact) mass is 342 g/mol. The minimum absolute atomic E-state index is 0.0225. The molecular formula is C19H19FN2O3. The van der Waals surface area contributed by atoms with Gasteiger partial charge in [-0.1, -0.05) is 29.8 Å². The van der Waals surface area contributed by atoms with E-state index in [1.807, 2.05) is 31.2 Å². The zero-order valence-electron chi connectivity index (χ0n) is 14.2. The van der Waals surface area contributed by atoms with E-state index in [1.54, 1.807) is 4.90 Å². The second kappa shape index (κ2) is 6.63. The third-order valence-corrected chi connectivity index (χ3v) is 4.70. The molecule has 0 aliphatic carbocycles. The van der Waals surface area contributed by atoms with Gasteiger partial charge in [-0.25, -0.2) is 4.39 Å². The Morgan fingerprint density at radius 3 is 2.72 bits per heavy atom. The zero-order chi connectivity index (χ0) is 18.1. The second-order valence-corrected chi connectivity index (χ2v) is 6.43. The number of nitrogens with zero attached hydrogens (tertiary/aromatic N) is 2. The molecule has 25 heavy (non-hydrogen) atoms. The van der Waals surface area contributed by atoms with Crippen molar-refractivity contribution in [3.05, 3.63) is 74.6 Å². The zero-order valence-corrected chi connectivity index (χ0v) is 14.2. The molecule has 2 aromatic rings. The quantitative estimate of drug-likeness (QED) is 0.616. The normalized spacial score (nSPS) is 16.9. The summed E-state index contributed by atoms with van der Waals surface area (Å²) in [6.45, 7) is 3.89. The molecule has 1 unspecified atom stereocenters. The van der Waals surface area contributed by atoms with Crippen molar-refractivity contribution < 1.29 is 14.1 Å². The highest BCUT2D eigenvalue weighted by Crippen LogP contribution is 2.34. The van der Waals surface area contributed by atoms with Crippen molar-refractivity contribution >= 4 is 11.6 Å². The molecule has 6 heteroatoms. The highest BCUT2D eigenvalue weighted by Gasteiger charge is 2.32. The van der Waals surface area contributed by atoms with Gasteiger partial charge in [0, 0.05) is 18.2 Å². The van der Waals surface area contributed by atoms with Crippen molar-refractivity contribution in [2.45, 2.75) is 32.7 Å². The Morgan fingerprint density at radius 1 is 1.28 bits per heavy atom. The number of likely N-dealkylation sites (tertiary alicyclic amines) is 1. The molecule has 130 valence electrons. The fourth-order valence-electron chi connectivity index (χ4n) is 3.38. The summed E-state index contributed by atoms with van der Waals surface area (Å²) >= 11 is 0. The van der Waals surface area contributed by atoms with Gasteiger partial charge in [0.25, 0.3) is 11.6 Å². The van der Waals surface area contributed by atoms with Gasteiger partial charge in [0.2, 0.25) is 0 Å². The Labute approximate surface area is 145 Å². The van der Waals surface area contributed by atoms with Crippen molar-refractivity contribution in [2.24, 2.45) is 0 Å². The minimum atomic E-state index is -0.733. The van der Waals surface area contributed by atoms with Crippen LogP contribution in [0.5, 0.6) is 0 Å². The van der Waals surface area contributed by atoms with Crippen molar-refractivity contribution in [1.82, 2.24) is 4.90 Å². The molecule has 0 aromatic heterocycles. The topological polar surface area (TPSA) is 63.5 Å². The highest BCUT2D eigenvalue weighted by atomic mass is 19.1. The van der Waals surface area contributed by atoms with E-state index in [-0.39, 0.29) is 28.8 Å². The van der Waals surface area contributed by atoms with E-state index in [0.717, 1.165) is 30.0 Å². The fraction of sp³-hybridized carbons (Fsp3) is 0.316. The van der Waals surface area contributed by atoms with Gasteiger partial charge in [0.1, 0.15) is 5.82 Å². The standard InChI is InChI=1S/C19H19FN2O3/c1-12-5-3-6-14(9-12)17-7-4-8-21(17)19(23)15-10-16(20)13(2)18(11-15)22(24)25/h3,5-6,9-11,17H,4,7-8H2,1-2H3. The number of nitro groups is 1. The molecular weight excluding hydrogens is 323 g/mol. The first kappa shape index (κ1) is 17.1. The molecule has 3 rings (SSSR count). The summed E-state index contributed by atoms with van der Waals surface area (Å²) in [4.78, 5) is 25.0. The van der Waals surface area contributed by atoms with Crippen LogP contribution >= 0.6 is 0 Å². The molecule has 0 bridgehead atoms. The van der Waals surface area contributed by atoms with E-state index < -0.39 is 10.7 Å². The lowest BCUT2D eigenvalue weighted by atomic mass is 10.0. The summed E-state index contributed by atoms with van der Waals surface area (Å²) in [6, 6.07) is 10.1. The Balaban J connectivity index is 1.96. The van der Waals surface area contributed by atoms with Gasteiger partial charge in [-0.2, -0.15) is 0 Å². The molecule has 1 fully saturated rings.